The first-order chi connectivity index (χ1) is 9.20. The highest BCUT2D eigenvalue weighted by atomic mass is 79.9. The zero-order valence-electron chi connectivity index (χ0n) is 10.8. The monoisotopic (exact) mass is 324 g/mol. The van der Waals surface area contributed by atoms with Crippen LogP contribution >= 0.6 is 15.9 Å². The van der Waals surface area contributed by atoms with Gasteiger partial charge in [0, 0.05) is 0 Å². The van der Waals surface area contributed by atoms with E-state index in [0.29, 0.717) is 17.6 Å². The molecule has 0 spiro atoms. The molecule has 1 aromatic rings. The summed E-state index contributed by atoms with van der Waals surface area (Å²) in [6.45, 7) is 0. The Morgan fingerprint density at radius 2 is 1.63 bits per heavy atom. The predicted molar refractivity (Wildman–Crippen MR) is 75.6 cm³/mol. The highest BCUT2D eigenvalue weighted by Crippen LogP contribution is 2.55. The summed E-state index contributed by atoms with van der Waals surface area (Å²) in [4.78, 5) is 0. The SMILES string of the molecule is Fc1cccc(Br)c1OC1C2CC3CC(C2)CC1C3. The van der Waals surface area contributed by atoms with Crippen molar-refractivity contribution in [3.8, 4) is 5.75 Å². The molecule has 4 saturated carbocycles. The van der Waals surface area contributed by atoms with Gasteiger partial charge in [-0.25, -0.2) is 4.39 Å². The molecule has 4 aliphatic carbocycles. The number of hydrogen-bond donors (Lipinski definition) is 0. The maximum absolute atomic E-state index is 13.9. The van der Waals surface area contributed by atoms with Crippen molar-refractivity contribution in [3.05, 3.63) is 28.5 Å². The zero-order valence-corrected chi connectivity index (χ0v) is 12.4. The van der Waals surface area contributed by atoms with Crippen LogP contribution in [0.3, 0.4) is 0 Å². The van der Waals surface area contributed by atoms with Crippen LogP contribution in [0, 0.1) is 29.5 Å². The van der Waals surface area contributed by atoms with Crippen LogP contribution in [-0.2, 0) is 0 Å². The van der Waals surface area contributed by atoms with Crippen LogP contribution in [0.2, 0.25) is 0 Å². The van der Waals surface area contributed by atoms with Crippen molar-refractivity contribution < 1.29 is 9.13 Å². The third-order valence-corrected chi connectivity index (χ3v) is 5.94. The molecule has 0 radical (unpaired) electrons. The van der Waals surface area contributed by atoms with Gasteiger partial charge in [0.1, 0.15) is 6.10 Å². The number of rotatable bonds is 2. The molecule has 0 saturated heterocycles. The van der Waals surface area contributed by atoms with Crippen molar-refractivity contribution in [2.75, 3.05) is 0 Å². The summed E-state index contributed by atoms with van der Waals surface area (Å²) in [7, 11) is 0. The lowest BCUT2D eigenvalue weighted by Crippen LogP contribution is -2.50. The minimum atomic E-state index is -0.247. The average molecular weight is 325 g/mol. The zero-order chi connectivity index (χ0) is 13.0. The van der Waals surface area contributed by atoms with Crippen molar-refractivity contribution >= 4 is 15.9 Å². The molecule has 4 bridgehead atoms. The van der Waals surface area contributed by atoms with Crippen LogP contribution in [-0.4, -0.2) is 6.10 Å². The fraction of sp³-hybridized carbons (Fsp3) is 0.625. The van der Waals surface area contributed by atoms with Crippen LogP contribution < -0.4 is 4.74 Å². The van der Waals surface area contributed by atoms with Crippen LogP contribution in [0.15, 0.2) is 22.7 Å². The molecule has 4 fully saturated rings. The van der Waals surface area contributed by atoms with Crippen LogP contribution in [0.5, 0.6) is 5.75 Å². The van der Waals surface area contributed by atoms with Crippen molar-refractivity contribution in [2.24, 2.45) is 23.7 Å². The van der Waals surface area contributed by atoms with E-state index >= 15 is 0 Å². The molecule has 0 aromatic heterocycles. The number of halogens is 2. The standard InChI is InChI=1S/C16H18BrFO/c17-13-2-1-3-14(18)16(13)19-15-11-5-9-4-10(7-11)8-12(15)6-9/h1-3,9-12,15H,4-8H2. The summed E-state index contributed by atoms with van der Waals surface area (Å²) in [5.41, 5.74) is 0. The van der Waals surface area contributed by atoms with E-state index in [9.17, 15) is 4.39 Å². The van der Waals surface area contributed by atoms with E-state index < -0.39 is 0 Å². The molecule has 1 nitrogen and oxygen atoms in total. The van der Waals surface area contributed by atoms with Crippen molar-refractivity contribution in [2.45, 2.75) is 38.2 Å². The number of para-hydroxylation sites is 1. The highest BCUT2D eigenvalue weighted by molar-refractivity contribution is 9.10. The predicted octanol–water partition coefficient (Wildman–Crippen LogP) is 4.79. The summed E-state index contributed by atoms with van der Waals surface area (Å²) in [5, 5.41) is 0. The molecule has 3 heteroatoms. The molecule has 1 aromatic carbocycles. The van der Waals surface area contributed by atoms with E-state index in [0.717, 1.165) is 16.3 Å². The highest BCUT2D eigenvalue weighted by Gasteiger charge is 2.49. The molecule has 5 rings (SSSR count). The molecule has 4 aliphatic rings. The van der Waals surface area contributed by atoms with E-state index in [2.05, 4.69) is 15.9 Å². The third-order valence-electron chi connectivity index (χ3n) is 5.31. The van der Waals surface area contributed by atoms with E-state index in [1.54, 1.807) is 6.07 Å². The van der Waals surface area contributed by atoms with Gasteiger partial charge in [0.25, 0.3) is 0 Å². The van der Waals surface area contributed by atoms with Gasteiger partial charge in [-0.05, 0) is 83.8 Å². The Labute approximate surface area is 121 Å². The van der Waals surface area contributed by atoms with Crippen LogP contribution in [0.4, 0.5) is 4.39 Å². The molecule has 0 atom stereocenters. The van der Waals surface area contributed by atoms with Gasteiger partial charge in [-0.15, -0.1) is 0 Å². The van der Waals surface area contributed by atoms with Gasteiger partial charge >= 0.3 is 0 Å². The van der Waals surface area contributed by atoms with Crippen LogP contribution in [0.1, 0.15) is 32.1 Å². The smallest absolute Gasteiger partial charge is 0.169 e. The van der Waals surface area contributed by atoms with E-state index in [1.807, 2.05) is 6.07 Å². The second kappa shape index (κ2) is 4.47. The molecule has 19 heavy (non-hydrogen) atoms. The first kappa shape index (κ1) is 12.2. The Bertz CT molecular complexity index is 453. The van der Waals surface area contributed by atoms with Gasteiger partial charge in [0.15, 0.2) is 11.6 Å². The minimum absolute atomic E-state index is 0.237. The molecule has 102 valence electrons. The second-order valence-electron chi connectivity index (χ2n) is 6.56. The fourth-order valence-corrected chi connectivity index (χ4v) is 5.23. The Kier molecular flexibility index (Phi) is 2.87. The van der Waals surface area contributed by atoms with Gasteiger partial charge in [-0.2, -0.15) is 0 Å². The molecule has 0 unspecified atom stereocenters. The maximum atomic E-state index is 13.9. The van der Waals surface area contributed by atoms with Crippen molar-refractivity contribution in [3.63, 3.8) is 0 Å². The fourth-order valence-electron chi connectivity index (χ4n) is 4.80. The molecular weight excluding hydrogens is 307 g/mol. The summed E-state index contributed by atoms with van der Waals surface area (Å²) in [5.74, 6) is 3.33. The van der Waals surface area contributed by atoms with E-state index in [1.165, 1.54) is 38.2 Å². The van der Waals surface area contributed by atoms with E-state index in [-0.39, 0.29) is 11.9 Å². The molecule has 0 N–H and O–H groups in total. The van der Waals surface area contributed by atoms with Crippen molar-refractivity contribution in [1.82, 2.24) is 0 Å². The number of hydrogen-bond acceptors (Lipinski definition) is 1. The Balaban J connectivity index is 1.60. The Morgan fingerprint density at radius 3 is 2.21 bits per heavy atom. The lowest BCUT2D eigenvalue weighted by Gasteiger charge is -2.53. The van der Waals surface area contributed by atoms with Gasteiger partial charge in [-0.3, -0.25) is 0 Å². The quantitative estimate of drug-likeness (QED) is 0.759. The van der Waals surface area contributed by atoms with Crippen molar-refractivity contribution in [1.29, 1.82) is 0 Å². The van der Waals surface area contributed by atoms with Gasteiger partial charge in [0.05, 0.1) is 4.47 Å². The molecular formula is C16H18BrFO. The second-order valence-corrected chi connectivity index (χ2v) is 7.42. The Hall–Kier alpha value is -0.570. The van der Waals surface area contributed by atoms with Gasteiger partial charge < -0.3 is 4.74 Å². The first-order valence-electron chi connectivity index (χ1n) is 7.31. The molecule has 0 heterocycles. The topological polar surface area (TPSA) is 9.23 Å². The minimum Gasteiger partial charge on any atom is -0.486 e. The largest absolute Gasteiger partial charge is 0.486 e. The number of ether oxygens (including phenoxy) is 1. The lowest BCUT2D eigenvalue weighted by atomic mass is 9.55. The van der Waals surface area contributed by atoms with Gasteiger partial charge in [0.2, 0.25) is 0 Å². The molecule has 0 aliphatic heterocycles. The van der Waals surface area contributed by atoms with E-state index in [4.69, 9.17) is 4.74 Å². The first-order valence-corrected chi connectivity index (χ1v) is 8.10. The molecule has 0 amide bonds. The summed E-state index contributed by atoms with van der Waals surface area (Å²) < 4.78 is 20.8. The lowest BCUT2D eigenvalue weighted by molar-refractivity contribution is -0.0803. The summed E-state index contributed by atoms with van der Waals surface area (Å²) in [6.07, 6.45) is 6.85. The third kappa shape index (κ3) is 2.01. The maximum Gasteiger partial charge on any atom is 0.169 e. The van der Waals surface area contributed by atoms with Crippen LogP contribution in [0.25, 0.3) is 0 Å². The normalized spacial score (nSPS) is 39.6. The Morgan fingerprint density at radius 1 is 1.00 bits per heavy atom. The summed E-state index contributed by atoms with van der Waals surface area (Å²) >= 11 is 3.41. The number of benzene rings is 1. The summed E-state index contributed by atoms with van der Waals surface area (Å²) in [6, 6.07) is 5.05. The van der Waals surface area contributed by atoms with Gasteiger partial charge in [-0.1, -0.05) is 6.07 Å². The average Bonchev–Trinajstić information content (AvgIpc) is 2.36.